The van der Waals surface area contributed by atoms with E-state index >= 15 is 0 Å². The first-order valence-corrected chi connectivity index (χ1v) is 5.93. The van der Waals surface area contributed by atoms with Gasteiger partial charge in [-0.25, -0.2) is 8.78 Å². The molecule has 1 heterocycles. The van der Waals surface area contributed by atoms with Crippen molar-refractivity contribution in [3.05, 3.63) is 29.8 Å². The molecule has 98 valence electrons. The fourth-order valence-electron chi connectivity index (χ4n) is 2.04. The van der Waals surface area contributed by atoms with Crippen LogP contribution in [0.3, 0.4) is 0 Å². The zero-order valence-electron chi connectivity index (χ0n) is 10.2. The average Bonchev–Trinajstić information content (AvgIpc) is 2.33. The van der Waals surface area contributed by atoms with Crippen LogP contribution < -0.4 is 4.74 Å². The van der Waals surface area contributed by atoms with E-state index in [0.717, 1.165) is 6.07 Å². The minimum absolute atomic E-state index is 0.0430. The van der Waals surface area contributed by atoms with Crippen LogP contribution >= 0.6 is 0 Å². The Balaban J connectivity index is 1.93. The summed E-state index contributed by atoms with van der Waals surface area (Å²) in [4.78, 5) is 12.9. The van der Waals surface area contributed by atoms with Gasteiger partial charge < -0.3 is 9.64 Å². The maximum absolute atomic E-state index is 13.4. The zero-order valence-corrected chi connectivity index (χ0v) is 10.2. The predicted molar refractivity (Wildman–Crippen MR) is 62.3 cm³/mol. The molecule has 0 aliphatic carbocycles. The quantitative estimate of drug-likeness (QED) is 0.812. The van der Waals surface area contributed by atoms with E-state index in [1.54, 1.807) is 4.90 Å². The number of halogens is 2. The number of hydrogen-bond acceptors (Lipinski definition) is 2. The van der Waals surface area contributed by atoms with Gasteiger partial charge in [0, 0.05) is 38.9 Å². The molecule has 0 radical (unpaired) electrons. The Morgan fingerprint density at radius 2 is 2.00 bits per heavy atom. The first-order valence-electron chi connectivity index (χ1n) is 5.93. The van der Waals surface area contributed by atoms with E-state index < -0.39 is 11.6 Å². The van der Waals surface area contributed by atoms with Crippen LogP contribution in [0.2, 0.25) is 0 Å². The Hall–Kier alpha value is -1.65. The minimum Gasteiger partial charge on any atom is -0.487 e. The summed E-state index contributed by atoms with van der Waals surface area (Å²) in [5, 5.41) is 0. The van der Waals surface area contributed by atoms with Crippen LogP contribution in [0.25, 0.3) is 0 Å². The first-order chi connectivity index (χ1) is 8.56. The highest BCUT2D eigenvalue weighted by Gasteiger charge is 2.22. The highest BCUT2D eigenvalue weighted by Crippen LogP contribution is 2.22. The maximum atomic E-state index is 13.4. The number of likely N-dealkylation sites (tertiary alicyclic amines) is 1. The number of rotatable bonds is 2. The van der Waals surface area contributed by atoms with Gasteiger partial charge in [0.05, 0.1) is 0 Å². The minimum atomic E-state index is -0.691. The first kappa shape index (κ1) is 12.8. The van der Waals surface area contributed by atoms with Gasteiger partial charge in [-0.2, -0.15) is 0 Å². The van der Waals surface area contributed by atoms with E-state index in [1.165, 1.54) is 19.1 Å². The molecule has 1 aliphatic heterocycles. The summed E-state index contributed by atoms with van der Waals surface area (Å²) >= 11 is 0. The van der Waals surface area contributed by atoms with Crippen LogP contribution in [0.4, 0.5) is 8.78 Å². The normalized spacial score (nSPS) is 16.7. The van der Waals surface area contributed by atoms with Gasteiger partial charge in [-0.3, -0.25) is 4.79 Å². The molecule has 0 aromatic heterocycles. The summed E-state index contributed by atoms with van der Waals surface area (Å²) < 4.78 is 31.6. The summed E-state index contributed by atoms with van der Waals surface area (Å²) in [6, 6.07) is 3.27. The smallest absolute Gasteiger partial charge is 0.219 e. The SMILES string of the molecule is CC(=O)N1CCC(Oc2ccc(F)cc2F)CC1. The van der Waals surface area contributed by atoms with E-state index in [1.807, 2.05) is 0 Å². The van der Waals surface area contributed by atoms with Crippen LogP contribution in [0.5, 0.6) is 5.75 Å². The lowest BCUT2D eigenvalue weighted by Gasteiger charge is -2.31. The van der Waals surface area contributed by atoms with Crippen molar-refractivity contribution in [2.24, 2.45) is 0 Å². The highest BCUT2D eigenvalue weighted by atomic mass is 19.1. The lowest BCUT2D eigenvalue weighted by atomic mass is 10.1. The van der Waals surface area contributed by atoms with Crippen molar-refractivity contribution in [2.45, 2.75) is 25.9 Å². The van der Waals surface area contributed by atoms with Crippen molar-refractivity contribution in [1.29, 1.82) is 0 Å². The number of benzene rings is 1. The number of ether oxygens (including phenoxy) is 1. The summed E-state index contributed by atoms with van der Waals surface area (Å²) in [6.07, 6.45) is 1.20. The maximum Gasteiger partial charge on any atom is 0.219 e. The summed E-state index contributed by atoms with van der Waals surface area (Å²) in [5.41, 5.74) is 0. The van der Waals surface area contributed by atoms with Crippen molar-refractivity contribution in [1.82, 2.24) is 4.90 Å². The van der Waals surface area contributed by atoms with Crippen molar-refractivity contribution >= 4 is 5.91 Å². The molecule has 0 atom stereocenters. The molecule has 0 unspecified atom stereocenters. The van der Waals surface area contributed by atoms with Crippen LogP contribution in [0.15, 0.2) is 18.2 Å². The molecule has 0 spiro atoms. The van der Waals surface area contributed by atoms with Gasteiger partial charge in [0.15, 0.2) is 11.6 Å². The van der Waals surface area contributed by atoms with E-state index in [2.05, 4.69) is 0 Å². The van der Waals surface area contributed by atoms with Gasteiger partial charge in [-0.1, -0.05) is 0 Å². The van der Waals surface area contributed by atoms with E-state index in [9.17, 15) is 13.6 Å². The Bertz CT molecular complexity index is 443. The van der Waals surface area contributed by atoms with E-state index in [4.69, 9.17) is 4.74 Å². The Kier molecular flexibility index (Phi) is 3.79. The molecule has 0 saturated carbocycles. The molecule has 2 rings (SSSR count). The number of amides is 1. The van der Waals surface area contributed by atoms with Crippen molar-refractivity contribution in [2.75, 3.05) is 13.1 Å². The molecular formula is C13H15F2NO2. The summed E-state index contributed by atoms with van der Waals surface area (Å²) in [5.74, 6) is -1.20. The molecule has 18 heavy (non-hydrogen) atoms. The summed E-state index contributed by atoms with van der Waals surface area (Å²) in [6.45, 7) is 2.76. The third-order valence-corrected chi connectivity index (χ3v) is 3.07. The Morgan fingerprint density at radius 1 is 1.33 bits per heavy atom. The third kappa shape index (κ3) is 2.97. The van der Waals surface area contributed by atoms with Crippen molar-refractivity contribution in [3.63, 3.8) is 0 Å². The summed E-state index contributed by atoms with van der Waals surface area (Å²) in [7, 11) is 0. The number of nitrogens with zero attached hydrogens (tertiary/aromatic N) is 1. The van der Waals surface area contributed by atoms with Crippen molar-refractivity contribution < 1.29 is 18.3 Å². The predicted octanol–water partition coefficient (Wildman–Crippen LogP) is 2.35. The van der Waals surface area contributed by atoms with E-state index in [-0.39, 0.29) is 17.8 Å². The van der Waals surface area contributed by atoms with Gasteiger partial charge in [0.2, 0.25) is 5.91 Å². The number of carbonyl (C=O) groups excluding carboxylic acids is 1. The Labute approximate surface area is 104 Å². The average molecular weight is 255 g/mol. The molecule has 1 amide bonds. The molecule has 1 fully saturated rings. The van der Waals surface area contributed by atoms with Gasteiger partial charge in [0.25, 0.3) is 0 Å². The molecule has 1 aliphatic rings. The molecule has 0 N–H and O–H groups in total. The van der Waals surface area contributed by atoms with Gasteiger partial charge in [-0.15, -0.1) is 0 Å². The molecular weight excluding hydrogens is 240 g/mol. The number of piperidine rings is 1. The second-order valence-electron chi connectivity index (χ2n) is 4.40. The zero-order chi connectivity index (χ0) is 13.1. The highest BCUT2D eigenvalue weighted by molar-refractivity contribution is 5.73. The standard InChI is InChI=1S/C13H15F2NO2/c1-9(17)16-6-4-11(5-7-16)18-13-3-2-10(14)8-12(13)15/h2-3,8,11H,4-7H2,1H3. The lowest BCUT2D eigenvalue weighted by Crippen LogP contribution is -2.40. The molecule has 0 bridgehead atoms. The van der Waals surface area contributed by atoms with Crippen LogP contribution in [0, 0.1) is 11.6 Å². The topological polar surface area (TPSA) is 29.5 Å². The van der Waals surface area contributed by atoms with Crippen LogP contribution in [-0.2, 0) is 4.79 Å². The van der Waals surface area contributed by atoms with Gasteiger partial charge in [-0.05, 0) is 12.1 Å². The largest absolute Gasteiger partial charge is 0.487 e. The Morgan fingerprint density at radius 3 is 2.56 bits per heavy atom. The van der Waals surface area contributed by atoms with Crippen molar-refractivity contribution in [3.8, 4) is 5.75 Å². The van der Waals surface area contributed by atoms with E-state index in [0.29, 0.717) is 25.9 Å². The number of carbonyl (C=O) groups is 1. The number of hydrogen-bond donors (Lipinski definition) is 0. The fourth-order valence-corrected chi connectivity index (χ4v) is 2.04. The second-order valence-corrected chi connectivity index (χ2v) is 4.40. The molecule has 5 heteroatoms. The molecule has 3 nitrogen and oxygen atoms in total. The van der Waals surface area contributed by atoms with Crippen LogP contribution in [0.1, 0.15) is 19.8 Å². The monoisotopic (exact) mass is 255 g/mol. The molecule has 1 saturated heterocycles. The second kappa shape index (κ2) is 5.33. The molecule has 1 aromatic carbocycles. The van der Waals surface area contributed by atoms with Gasteiger partial charge in [0.1, 0.15) is 11.9 Å². The molecule has 1 aromatic rings. The lowest BCUT2D eigenvalue weighted by molar-refractivity contribution is -0.130. The fraction of sp³-hybridized carbons (Fsp3) is 0.462. The third-order valence-electron chi connectivity index (χ3n) is 3.07. The van der Waals surface area contributed by atoms with Gasteiger partial charge >= 0.3 is 0 Å². The van der Waals surface area contributed by atoms with Crippen LogP contribution in [-0.4, -0.2) is 30.0 Å².